The summed E-state index contributed by atoms with van der Waals surface area (Å²) in [6.45, 7) is 6.22. The molecule has 0 aliphatic heterocycles. The van der Waals surface area contributed by atoms with E-state index >= 15 is 0 Å². The van der Waals surface area contributed by atoms with E-state index < -0.39 is 0 Å². The van der Waals surface area contributed by atoms with Crippen LogP contribution in [0.3, 0.4) is 0 Å². The molecule has 2 heterocycles. The number of carbonyl (C=O) groups is 1. The van der Waals surface area contributed by atoms with Gasteiger partial charge in [0.25, 0.3) is 5.91 Å². The maximum Gasteiger partial charge on any atom is 0.252 e. The van der Waals surface area contributed by atoms with Crippen LogP contribution in [-0.4, -0.2) is 16.0 Å². The summed E-state index contributed by atoms with van der Waals surface area (Å²) in [5, 5.41) is 7.68. The number of nitrogens with zero attached hydrogens (tertiary/aromatic N) is 2. The van der Waals surface area contributed by atoms with E-state index in [1.54, 1.807) is 0 Å². The summed E-state index contributed by atoms with van der Waals surface area (Å²) in [5.41, 5.74) is 4.26. The molecule has 0 aliphatic rings. The maximum atomic E-state index is 12.6. The fraction of sp³-hybridized carbons (Fsp3) is 0.278. The minimum atomic E-state index is -0.138. The monoisotopic (exact) mass is 309 g/mol. The van der Waals surface area contributed by atoms with Gasteiger partial charge in [-0.05, 0) is 31.9 Å². The summed E-state index contributed by atoms with van der Waals surface area (Å²) in [6.07, 6.45) is 0.810. The van der Waals surface area contributed by atoms with Gasteiger partial charge in [0.2, 0.25) is 0 Å². The van der Waals surface area contributed by atoms with Gasteiger partial charge < -0.3 is 9.84 Å². The molecule has 0 bridgehead atoms. The van der Waals surface area contributed by atoms with Crippen molar-refractivity contribution in [3.05, 3.63) is 58.6 Å². The molecule has 0 atom stereocenters. The van der Waals surface area contributed by atoms with Crippen molar-refractivity contribution in [3.8, 4) is 0 Å². The van der Waals surface area contributed by atoms with Crippen LogP contribution in [0.2, 0.25) is 0 Å². The maximum absolute atomic E-state index is 12.6. The van der Waals surface area contributed by atoms with Crippen LogP contribution in [0.4, 0.5) is 0 Å². The third-order valence-electron chi connectivity index (χ3n) is 3.81. The van der Waals surface area contributed by atoms with Crippen LogP contribution in [0.25, 0.3) is 10.9 Å². The van der Waals surface area contributed by atoms with E-state index in [0.29, 0.717) is 17.9 Å². The highest BCUT2D eigenvalue weighted by atomic mass is 16.5. The van der Waals surface area contributed by atoms with Gasteiger partial charge in [-0.15, -0.1) is 0 Å². The van der Waals surface area contributed by atoms with E-state index in [-0.39, 0.29) is 5.91 Å². The van der Waals surface area contributed by atoms with Crippen LogP contribution >= 0.6 is 0 Å². The zero-order valence-electron chi connectivity index (χ0n) is 13.5. The van der Waals surface area contributed by atoms with Gasteiger partial charge in [-0.3, -0.25) is 9.78 Å². The lowest BCUT2D eigenvalue weighted by Crippen LogP contribution is -2.23. The van der Waals surface area contributed by atoms with Crippen molar-refractivity contribution in [2.75, 3.05) is 0 Å². The van der Waals surface area contributed by atoms with Gasteiger partial charge in [-0.2, -0.15) is 0 Å². The molecule has 0 saturated carbocycles. The molecule has 0 spiro atoms. The van der Waals surface area contributed by atoms with E-state index in [9.17, 15) is 4.79 Å². The predicted molar refractivity (Wildman–Crippen MR) is 88.3 cm³/mol. The van der Waals surface area contributed by atoms with E-state index in [1.165, 1.54) is 0 Å². The number of hydrogen-bond acceptors (Lipinski definition) is 4. The van der Waals surface area contributed by atoms with Crippen LogP contribution in [-0.2, 0) is 13.0 Å². The Balaban J connectivity index is 1.87. The first kappa shape index (κ1) is 15.2. The summed E-state index contributed by atoms with van der Waals surface area (Å²) in [7, 11) is 0. The number of benzene rings is 1. The molecule has 2 aromatic heterocycles. The van der Waals surface area contributed by atoms with E-state index in [2.05, 4.69) is 15.5 Å². The Kier molecular flexibility index (Phi) is 4.10. The second kappa shape index (κ2) is 6.20. The van der Waals surface area contributed by atoms with Gasteiger partial charge >= 0.3 is 0 Å². The van der Waals surface area contributed by atoms with Crippen molar-refractivity contribution >= 4 is 16.8 Å². The molecule has 0 unspecified atom stereocenters. The quantitative estimate of drug-likeness (QED) is 0.802. The number of fused-ring (bicyclic) bond motifs is 1. The minimum Gasteiger partial charge on any atom is -0.359 e. The van der Waals surface area contributed by atoms with Crippen LogP contribution in [0.15, 0.2) is 34.9 Å². The van der Waals surface area contributed by atoms with E-state index in [1.807, 2.05) is 51.1 Å². The number of pyridine rings is 1. The number of aryl methyl sites for hydroxylation is 3. The van der Waals surface area contributed by atoms with Crippen molar-refractivity contribution in [2.45, 2.75) is 33.7 Å². The fourth-order valence-electron chi connectivity index (χ4n) is 2.58. The summed E-state index contributed by atoms with van der Waals surface area (Å²) in [5.74, 6) is 0.516. The molecule has 1 aromatic carbocycles. The molecule has 0 aliphatic carbocycles. The Morgan fingerprint density at radius 2 is 2.09 bits per heavy atom. The standard InChI is InChI=1S/C18H19N3O2/c1-4-13-9-14(23-21-13)10-19-18(22)16-8-12(3)20-17-11(2)6-5-7-15(16)17/h5-9H,4,10H2,1-3H3,(H,19,22). The van der Waals surface area contributed by atoms with Crippen LogP contribution in [0.5, 0.6) is 0 Å². The first-order valence-corrected chi connectivity index (χ1v) is 7.68. The smallest absolute Gasteiger partial charge is 0.252 e. The normalized spacial score (nSPS) is 10.9. The van der Waals surface area contributed by atoms with Crippen LogP contribution in [0, 0.1) is 13.8 Å². The molecule has 1 amide bonds. The Labute approximate surface area is 134 Å². The lowest BCUT2D eigenvalue weighted by atomic mass is 10.0. The first-order chi connectivity index (χ1) is 11.1. The molecule has 23 heavy (non-hydrogen) atoms. The topological polar surface area (TPSA) is 68.0 Å². The van der Waals surface area contributed by atoms with Crippen molar-refractivity contribution in [2.24, 2.45) is 0 Å². The number of para-hydroxylation sites is 1. The molecule has 118 valence electrons. The molecule has 0 radical (unpaired) electrons. The Morgan fingerprint density at radius 1 is 1.26 bits per heavy atom. The van der Waals surface area contributed by atoms with Gasteiger partial charge in [0.05, 0.1) is 23.3 Å². The fourth-order valence-corrected chi connectivity index (χ4v) is 2.58. The van der Waals surface area contributed by atoms with Gasteiger partial charge in [0.1, 0.15) is 0 Å². The van der Waals surface area contributed by atoms with Crippen LogP contribution in [0.1, 0.15) is 40.0 Å². The number of aromatic nitrogens is 2. The highest BCUT2D eigenvalue weighted by molar-refractivity contribution is 6.06. The number of nitrogens with one attached hydrogen (secondary N) is 1. The molecular weight excluding hydrogens is 290 g/mol. The molecule has 3 rings (SSSR count). The third-order valence-corrected chi connectivity index (χ3v) is 3.81. The molecule has 1 N–H and O–H groups in total. The number of rotatable bonds is 4. The summed E-state index contributed by atoms with van der Waals surface area (Å²) in [4.78, 5) is 17.1. The van der Waals surface area contributed by atoms with Crippen LogP contribution < -0.4 is 5.32 Å². The summed E-state index contributed by atoms with van der Waals surface area (Å²) < 4.78 is 5.20. The second-order valence-electron chi connectivity index (χ2n) is 5.60. The molecule has 3 aromatic rings. The van der Waals surface area contributed by atoms with Gasteiger partial charge in [-0.1, -0.05) is 30.3 Å². The van der Waals surface area contributed by atoms with Crippen molar-refractivity contribution in [1.29, 1.82) is 0 Å². The number of amides is 1. The zero-order valence-corrected chi connectivity index (χ0v) is 13.5. The summed E-state index contributed by atoms with van der Waals surface area (Å²) in [6, 6.07) is 9.54. The summed E-state index contributed by atoms with van der Waals surface area (Å²) >= 11 is 0. The van der Waals surface area contributed by atoms with Gasteiger partial charge in [-0.25, -0.2) is 0 Å². The van der Waals surface area contributed by atoms with Crippen molar-refractivity contribution in [1.82, 2.24) is 15.5 Å². The highest BCUT2D eigenvalue weighted by Gasteiger charge is 2.13. The minimum absolute atomic E-state index is 0.138. The number of carbonyl (C=O) groups excluding carboxylic acids is 1. The van der Waals surface area contributed by atoms with Gasteiger partial charge in [0, 0.05) is 17.1 Å². The largest absolute Gasteiger partial charge is 0.359 e. The van der Waals surface area contributed by atoms with Crippen molar-refractivity contribution < 1.29 is 9.32 Å². The number of hydrogen-bond donors (Lipinski definition) is 1. The molecule has 5 nitrogen and oxygen atoms in total. The molecule has 0 saturated heterocycles. The van der Waals surface area contributed by atoms with Crippen molar-refractivity contribution in [3.63, 3.8) is 0 Å². The zero-order chi connectivity index (χ0) is 16.4. The molecule has 5 heteroatoms. The Bertz CT molecular complexity index is 868. The second-order valence-corrected chi connectivity index (χ2v) is 5.60. The average molecular weight is 309 g/mol. The first-order valence-electron chi connectivity index (χ1n) is 7.68. The van der Waals surface area contributed by atoms with E-state index in [4.69, 9.17) is 4.52 Å². The Morgan fingerprint density at radius 3 is 2.83 bits per heavy atom. The lowest BCUT2D eigenvalue weighted by Gasteiger charge is -2.09. The molecular formula is C18H19N3O2. The Hall–Kier alpha value is -2.69. The average Bonchev–Trinajstić information content (AvgIpc) is 3.01. The lowest BCUT2D eigenvalue weighted by molar-refractivity contribution is 0.0948. The predicted octanol–water partition coefficient (Wildman–Crippen LogP) is 3.33. The van der Waals surface area contributed by atoms with E-state index in [0.717, 1.165) is 34.3 Å². The highest BCUT2D eigenvalue weighted by Crippen LogP contribution is 2.21. The SMILES string of the molecule is CCc1cc(CNC(=O)c2cc(C)nc3c(C)cccc23)on1. The third kappa shape index (κ3) is 3.08. The van der Waals surface area contributed by atoms with Gasteiger partial charge in [0.15, 0.2) is 5.76 Å². The molecule has 0 fully saturated rings.